The van der Waals surface area contributed by atoms with Crippen LogP contribution in [0.1, 0.15) is 22.2 Å². The molecule has 0 aliphatic carbocycles. The molecular formula is C10H9FN2OS. The van der Waals surface area contributed by atoms with Gasteiger partial charge in [0.15, 0.2) is 0 Å². The van der Waals surface area contributed by atoms with Crippen LogP contribution in [0, 0.1) is 12.7 Å². The summed E-state index contributed by atoms with van der Waals surface area (Å²) < 4.78 is 12.9. The third-order valence-corrected chi connectivity index (χ3v) is 3.06. The van der Waals surface area contributed by atoms with Crippen LogP contribution in [-0.2, 0) is 0 Å². The van der Waals surface area contributed by atoms with E-state index in [9.17, 15) is 9.50 Å². The Balaban J connectivity index is 2.36. The van der Waals surface area contributed by atoms with Gasteiger partial charge in [0.2, 0.25) is 0 Å². The number of aliphatic hydroxyl groups excluding tert-OH is 1. The first kappa shape index (κ1) is 10.2. The Morgan fingerprint density at radius 1 is 1.47 bits per heavy atom. The highest BCUT2D eigenvalue weighted by atomic mass is 32.1. The van der Waals surface area contributed by atoms with Crippen molar-refractivity contribution in [1.29, 1.82) is 0 Å². The Bertz CT molecular complexity index is 472. The average molecular weight is 224 g/mol. The van der Waals surface area contributed by atoms with Crippen molar-refractivity contribution in [2.75, 3.05) is 0 Å². The Kier molecular flexibility index (Phi) is 2.75. The zero-order valence-electron chi connectivity index (χ0n) is 8.01. The first-order valence-electron chi connectivity index (χ1n) is 4.37. The van der Waals surface area contributed by atoms with Crippen LogP contribution < -0.4 is 0 Å². The Hall–Kier alpha value is -1.33. The number of hydrogen-bond acceptors (Lipinski definition) is 4. The second-order valence-electron chi connectivity index (χ2n) is 3.14. The van der Waals surface area contributed by atoms with Gasteiger partial charge in [-0.3, -0.25) is 4.98 Å². The van der Waals surface area contributed by atoms with Crippen LogP contribution in [-0.4, -0.2) is 15.1 Å². The molecule has 2 heterocycles. The third-order valence-electron chi connectivity index (χ3n) is 2.07. The number of thiazole rings is 1. The van der Waals surface area contributed by atoms with Crippen molar-refractivity contribution >= 4 is 11.3 Å². The number of aliphatic hydroxyl groups is 1. The van der Waals surface area contributed by atoms with Gasteiger partial charge >= 0.3 is 0 Å². The van der Waals surface area contributed by atoms with Gasteiger partial charge in [-0.15, -0.1) is 11.3 Å². The van der Waals surface area contributed by atoms with E-state index in [1.165, 1.54) is 23.6 Å². The molecular weight excluding hydrogens is 215 g/mol. The Labute approximate surface area is 90.3 Å². The molecule has 1 unspecified atom stereocenters. The highest BCUT2D eigenvalue weighted by Crippen LogP contribution is 2.27. The molecule has 15 heavy (non-hydrogen) atoms. The lowest BCUT2D eigenvalue weighted by Gasteiger charge is -2.08. The smallest absolute Gasteiger partial charge is 0.141 e. The molecule has 3 nitrogen and oxygen atoms in total. The summed E-state index contributed by atoms with van der Waals surface area (Å²) in [5.74, 6) is -0.450. The lowest BCUT2D eigenvalue weighted by atomic mass is 10.1. The van der Waals surface area contributed by atoms with Crippen molar-refractivity contribution in [3.05, 3.63) is 45.9 Å². The SMILES string of the molecule is Cc1ncsc1C(O)c1cncc(F)c1. The maximum absolute atomic E-state index is 12.9. The van der Waals surface area contributed by atoms with Crippen molar-refractivity contribution in [3.8, 4) is 0 Å². The van der Waals surface area contributed by atoms with E-state index in [-0.39, 0.29) is 0 Å². The van der Waals surface area contributed by atoms with E-state index in [2.05, 4.69) is 9.97 Å². The fourth-order valence-corrected chi connectivity index (χ4v) is 2.12. The second kappa shape index (κ2) is 4.04. The zero-order chi connectivity index (χ0) is 10.8. The van der Waals surface area contributed by atoms with E-state index in [0.717, 1.165) is 16.8 Å². The first-order valence-corrected chi connectivity index (χ1v) is 5.25. The number of aromatic nitrogens is 2. The highest BCUT2D eigenvalue weighted by Gasteiger charge is 2.15. The summed E-state index contributed by atoms with van der Waals surface area (Å²) in [4.78, 5) is 8.45. The van der Waals surface area contributed by atoms with Crippen LogP contribution in [0.4, 0.5) is 4.39 Å². The molecule has 2 aromatic heterocycles. The maximum atomic E-state index is 12.9. The molecule has 5 heteroatoms. The summed E-state index contributed by atoms with van der Waals surface area (Å²) in [6, 6.07) is 1.27. The monoisotopic (exact) mass is 224 g/mol. The van der Waals surface area contributed by atoms with E-state index >= 15 is 0 Å². The molecule has 0 aliphatic heterocycles. The van der Waals surface area contributed by atoms with Crippen molar-refractivity contribution in [2.45, 2.75) is 13.0 Å². The quantitative estimate of drug-likeness (QED) is 0.849. The molecule has 0 aliphatic rings. The van der Waals surface area contributed by atoms with Gasteiger partial charge in [-0.05, 0) is 13.0 Å². The van der Waals surface area contributed by atoms with Gasteiger partial charge in [0.1, 0.15) is 11.9 Å². The first-order chi connectivity index (χ1) is 7.18. The number of hydrogen-bond donors (Lipinski definition) is 1. The summed E-state index contributed by atoms with van der Waals surface area (Å²) in [5.41, 5.74) is 2.86. The van der Waals surface area contributed by atoms with Gasteiger partial charge < -0.3 is 5.11 Å². The minimum absolute atomic E-state index is 0.447. The predicted octanol–water partition coefficient (Wildman–Crippen LogP) is 2.07. The van der Waals surface area contributed by atoms with Crippen LogP contribution in [0.5, 0.6) is 0 Å². The maximum Gasteiger partial charge on any atom is 0.141 e. The highest BCUT2D eigenvalue weighted by molar-refractivity contribution is 7.09. The van der Waals surface area contributed by atoms with Gasteiger partial charge in [-0.2, -0.15) is 0 Å². The van der Waals surface area contributed by atoms with Gasteiger partial charge in [-0.25, -0.2) is 9.37 Å². The molecule has 78 valence electrons. The molecule has 2 aromatic rings. The lowest BCUT2D eigenvalue weighted by molar-refractivity contribution is 0.222. The van der Waals surface area contributed by atoms with Crippen molar-refractivity contribution in [2.24, 2.45) is 0 Å². The van der Waals surface area contributed by atoms with Crippen molar-refractivity contribution in [1.82, 2.24) is 9.97 Å². The molecule has 0 spiro atoms. The van der Waals surface area contributed by atoms with Crippen LogP contribution >= 0.6 is 11.3 Å². The molecule has 0 radical (unpaired) electrons. The molecule has 0 amide bonds. The molecule has 1 atom stereocenters. The fraction of sp³-hybridized carbons (Fsp3) is 0.200. The lowest BCUT2D eigenvalue weighted by Crippen LogP contribution is -2.00. The molecule has 0 saturated heterocycles. The minimum atomic E-state index is -0.847. The molecule has 0 fully saturated rings. The molecule has 1 N–H and O–H groups in total. The second-order valence-corrected chi connectivity index (χ2v) is 4.03. The van der Waals surface area contributed by atoms with Crippen molar-refractivity contribution < 1.29 is 9.50 Å². The number of pyridine rings is 1. The van der Waals surface area contributed by atoms with Crippen molar-refractivity contribution in [3.63, 3.8) is 0 Å². The molecule has 0 saturated carbocycles. The topological polar surface area (TPSA) is 46.0 Å². The van der Waals surface area contributed by atoms with E-state index in [1.807, 2.05) is 6.92 Å². The van der Waals surface area contributed by atoms with E-state index < -0.39 is 11.9 Å². The molecule has 2 rings (SSSR count). The summed E-state index contributed by atoms with van der Waals surface area (Å²) in [6.45, 7) is 1.81. The summed E-state index contributed by atoms with van der Waals surface area (Å²) >= 11 is 1.35. The number of nitrogens with zero attached hydrogens (tertiary/aromatic N) is 2. The summed E-state index contributed by atoms with van der Waals surface area (Å²) in [6.07, 6.45) is 1.71. The normalized spacial score (nSPS) is 12.7. The zero-order valence-corrected chi connectivity index (χ0v) is 8.83. The van der Waals surface area contributed by atoms with Crippen LogP contribution in [0.25, 0.3) is 0 Å². The molecule has 0 aromatic carbocycles. The average Bonchev–Trinajstić information content (AvgIpc) is 2.63. The van der Waals surface area contributed by atoms with Crippen LogP contribution in [0.2, 0.25) is 0 Å². The molecule has 0 bridgehead atoms. The van der Waals surface area contributed by atoms with Gasteiger partial charge in [0, 0.05) is 11.8 Å². The van der Waals surface area contributed by atoms with Gasteiger partial charge in [0.25, 0.3) is 0 Å². The van der Waals surface area contributed by atoms with Crippen LogP contribution in [0.15, 0.2) is 24.0 Å². The summed E-state index contributed by atoms with van der Waals surface area (Å²) in [7, 11) is 0. The largest absolute Gasteiger partial charge is 0.383 e. The third kappa shape index (κ3) is 2.03. The number of rotatable bonds is 2. The Morgan fingerprint density at radius 2 is 2.27 bits per heavy atom. The van der Waals surface area contributed by atoms with E-state index in [0.29, 0.717) is 5.56 Å². The van der Waals surface area contributed by atoms with Gasteiger partial charge in [-0.1, -0.05) is 0 Å². The van der Waals surface area contributed by atoms with E-state index in [4.69, 9.17) is 0 Å². The predicted molar refractivity (Wildman–Crippen MR) is 55.1 cm³/mol. The fourth-order valence-electron chi connectivity index (χ4n) is 1.30. The van der Waals surface area contributed by atoms with Gasteiger partial charge in [0.05, 0.1) is 22.3 Å². The Morgan fingerprint density at radius 3 is 2.87 bits per heavy atom. The number of aryl methyl sites for hydroxylation is 1. The summed E-state index contributed by atoms with van der Waals surface area (Å²) in [5, 5.41) is 9.95. The minimum Gasteiger partial charge on any atom is -0.383 e. The van der Waals surface area contributed by atoms with Crippen LogP contribution in [0.3, 0.4) is 0 Å². The van der Waals surface area contributed by atoms with E-state index in [1.54, 1.807) is 5.51 Å². The number of halogens is 1. The standard InChI is InChI=1S/C10H9FN2OS/c1-6-10(15-5-13-6)9(14)7-2-8(11)4-12-3-7/h2-5,9,14H,1H3.